The molecule has 4 aromatic rings. The van der Waals surface area contributed by atoms with Crippen LogP contribution in [0, 0.1) is 0 Å². The second-order valence-electron chi connectivity index (χ2n) is 8.21. The number of pyridine rings is 2. The van der Waals surface area contributed by atoms with E-state index < -0.39 is 8.91 Å². The molecule has 0 bridgehead atoms. The molecule has 0 amide bonds. The van der Waals surface area contributed by atoms with Crippen molar-refractivity contribution in [2.45, 2.75) is 22.0 Å². The fourth-order valence-electron chi connectivity index (χ4n) is 4.38. The fourth-order valence-corrected chi connectivity index (χ4v) is 5.44. The maximum atomic E-state index is 10.2. The number of phenolic OH excluding ortho intramolecular Hbond substituents is 2. The number of rotatable bonds is 4. The summed E-state index contributed by atoms with van der Waals surface area (Å²) in [5.41, 5.74) is 2.79. The molecule has 2 N–H and O–H groups in total. The van der Waals surface area contributed by atoms with Crippen LogP contribution in [-0.2, 0) is 13.1 Å². The Labute approximate surface area is 216 Å². The Kier molecular flexibility index (Phi) is 6.17. The van der Waals surface area contributed by atoms with Crippen LogP contribution in [0.15, 0.2) is 60.9 Å². The van der Waals surface area contributed by atoms with Gasteiger partial charge < -0.3 is 10.2 Å². The van der Waals surface area contributed by atoms with Crippen LogP contribution in [0.25, 0.3) is 21.8 Å². The minimum atomic E-state index is -1.65. The molecule has 0 radical (unpaired) electrons. The van der Waals surface area contributed by atoms with Gasteiger partial charge in [-0.1, -0.05) is 70.7 Å². The van der Waals surface area contributed by atoms with Gasteiger partial charge >= 0.3 is 0 Å². The van der Waals surface area contributed by atoms with Crippen molar-refractivity contribution in [2.75, 3.05) is 13.1 Å². The predicted molar refractivity (Wildman–Crippen MR) is 137 cm³/mol. The molecule has 0 aliphatic carbocycles. The molecule has 0 atom stereocenters. The highest BCUT2D eigenvalue weighted by atomic mass is 35.5. The summed E-state index contributed by atoms with van der Waals surface area (Å²) in [6.07, 6.45) is 3.26. The van der Waals surface area contributed by atoms with E-state index in [1.807, 2.05) is 46.2 Å². The van der Waals surface area contributed by atoms with E-state index in [1.54, 1.807) is 24.5 Å². The van der Waals surface area contributed by atoms with Gasteiger partial charge in [-0.25, -0.2) is 0 Å². The fraction of sp³-hybridized carbons (Fsp3) is 0.250. The van der Waals surface area contributed by atoms with Crippen LogP contribution in [-0.4, -0.2) is 52.0 Å². The Hall–Kier alpha value is -2.06. The van der Waals surface area contributed by atoms with Crippen molar-refractivity contribution in [3.05, 3.63) is 72.1 Å². The SMILES string of the molecule is Oc1ccc(CN2CCN(Cc3ccc(O)c4ncccc34)C(Cl)(Cl)C2(Cl)Cl)c2cccnc12. The third-order valence-corrected chi connectivity index (χ3v) is 8.63. The van der Waals surface area contributed by atoms with Gasteiger partial charge in [-0.3, -0.25) is 19.8 Å². The third-order valence-electron chi connectivity index (χ3n) is 6.20. The van der Waals surface area contributed by atoms with Gasteiger partial charge in [0, 0.05) is 49.3 Å². The normalized spacial score (nSPS) is 18.5. The van der Waals surface area contributed by atoms with Crippen LogP contribution in [0.5, 0.6) is 11.5 Å². The number of halogens is 4. The number of hydrogen-bond acceptors (Lipinski definition) is 6. The standard InChI is InChI=1S/C24H20Cl4N4O2/c25-23(26)24(27,28)32(14-16-6-8-20(34)22-18(16)4-2-10-30-22)12-11-31(23)13-15-5-7-19(33)21-17(15)3-1-9-29-21/h1-10,33-34H,11-14H2. The molecule has 2 aromatic carbocycles. The summed E-state index contributed by atoms with van der Waals surface area (Å²) >= 11 is 27.3. The van der Waals surface area contributed by atoms with Gasteiger partial charge in [0.25, 0.3) is 0 Å². The first-order valence-corrected chi connectivity index (χ1v) is 12.1. The number of nitrogens with zero attached hydrogens (tertiary/aromatic N) is 4. The molecule has 10 heteroatoms. The monoisotopic (exact) mass is 536 g/mol. The van der Waals surface area contributed by atoms with E-state index in [4.69, 9.17) is 46.4 Å². The molecule has 1 aliphatic rings. The van der Waals surface area contributed by atoms with Crippen LogP contribution in [0.2, 0.25) is 0 Å². The highest BCUT2D eigenvalue weighted by Crippen LogP contribution is 2.51. The first kappa shape index (κ1) is 23.7. The van der Waals surface area contributed by atoms with Gasteiger partial charge in [0.15, 0.2) is 0 Å². The smallest absolute Gasteiger partial charge is 0.218 e. The Morgan fingerprint density at radius 3 is 1.50 bits per heavy atom. The van der Waals surface area contributed by atoms with Gasteiger partial charge in [0.2, 0.25) is 8.91 Å². The lowest BCUT2D eigenvalue weighted by atomic mass is 10.1. The van der Waals surface area contributed by atoms with E-state index in [2.05, 4.69) is 9.97 Å². The van der Waals surface area contributed by atoms with E-state index in [0.29, 0.717) is 37.2 Å². The van der Waals surface area contributed by atoms with Crippen LogP contribution < -0.4 is 0 Å². The van der Waals surface area contributed by atoms with Crippen LogP contribution >= 0.6 is 46.4 Å². The van der Waals surface area contributed by atoms with E-state index in [9.17, 15) is 10.2 Å². The molecule has 176 valence electrons. The quantitative estimate of drug-likeness (QED) is 0.254. The number of piperazine rings is 1. The molecule has 1 fully saturated rings. The van der Waals surface area contributed by atoms with Crippen molar-refractivity contribution in [1.82, 2.24) is 19.8 Å². The number of alkyl halides is 4. The summed E-state index contributed by atoms with van der Waals surface area (Å²) in [4.78, 5) is 12.2. The molecule has 0 unspecified atom stereocenters. The lowest BCUT2D eigenvalue weighted by Crippen LogP contribution is -2.65. The number of aromatic hydroxyl groups is 2. The molecule has 3 heterocycles. The minimum Gasteiger partial charge on any atom is -0.506 e. The Bertz CT molecular complexity index is 1280. The van der Waals surface area contributed by atoms with Crippen molar-refractivity contribution in [3.63, 3.8) is 0 Å². The van der Waals surface area contributed by atoms with Crippen molar-refractivity contribution in [2.24, 2.45) is 0 Å². The van der Waals surface area contributed by atoms with Crippen LogP contribution in [0.1, 0.15) is 11.1 Å². The molecule has 2 aromatic heterocycles. The van der Waals surface area contributed by atoms with Crippen molar-refractivity contribution >= 4 is 68.2 Å². The molecule has 6 nitrogen and oxygen atoms in total. The summed E-state index contributed by atoms with van der Waals surface area (Å²) in [5, 5.41) is 21.9. The molecular weight excluding hydrogens is 518 g/mol. The summed E-state index contributed by atoms with van der Waals surface area (Å²) in [7, 11) is 0. The van der Waals surface area contributed by atoms with E-state index in [1.165, 1.54) is 0 Å². The number of fused-ring (bicyclic) bond motifs is 2. The van der Waals surface area contributed by atoms with E-state index >= 15 is 0 Å². The first-order chi connectivity index (χ1) is 16.2. The average Bonchev–Trinajstić information content (AvgIpc) is 2.83. The van der Waals surface area contributed by atoms with E-state index in [-0.39, 0.29) is 11.5 Å². The molecule has 34 heavy (non-hydrogen) atoms. The predicted octanol–water partition coefficient (Wildman–Crippen LogP) is 5.77. The van der Waals surface area contributed by atoms with Gasteiger partial charge in [0.05, 0.1) is 0 Å². The summed E-state index contributed by atoms with van der Waals surface area (Å²) in [5.74, 6) is 0.207. The third kappa shape index (κ3) is 3.92. The van der Waals surface area contributed by atoms with Gasteiger partial charge in [-0.15, -0.1) is 0 Å². The number of benzene rings is 2. The summed E-state index contributed by atoms with van der Waals surface area (Å²) in [6.45, 7) is 1.70. The average molecular weight is 538 g/mol. The van der Waals surface area contributed by atoms with Gasteiger partial charge in [0.1, 0.15) is 22.5 Å². The molecule has 1 saturated heterocycles. The largest absolute Gasteiger partial charge is 0.506 e. The summed E-state index contributed by atoms with van der Waals surface area (Å²) in [6, 6.07) is 14.2. The lowest BCUT2D eigenvalue weighted by molar-refractivity contribution is 0.0422. The molecular formula is C24H20Cl4N4O2. The van der Waals surface area contributed by atoms with Crippen LogP contribution in [0.3, 0.4) is 0 Å². The highest BCUT2D eigenvalue weighted by molar-refractivity contribution is 6.62. The zero-order valence-corrected chi connectivity index (χ0v) is 20.8. The first-order valence-electron chi connectivity index (χ1n) is 10.6. The lowest BCUT2D eigenvalue weighted by Gasteiger charge is -2.51. The number of hydrogen-bond donors (Lipinski definition) is 2. The Morgan fingerprint density at radius 1 is 0.676 bits per heavy atom. The second-order valence-corrected chi connectivity index (χ2v) is 10.8. The molecule has 0 saturated carbocycles. The Balaban J connectivity index is 1.44. The number of aromatic nitrogens is 2. The van der Waals surface area contributed by atoms with Gasteiger partial charge in [-0.05, 0) is 35.4 Å². The van der Waals surface area contributed by atoms with Gasteiger partial charge in [-0.2, -0.15) is 0 Å². The zero-order valence-electron chi connectivity index (χ0n) is 17.8. The molecule has 0 spiro atoms. The highest BCUT2D eigenvalue weighted by Gasteiger charge is 2.58. The van der Waals surface area contributed by atoms with E-state index in [0.717, 1.165) is 21.9 Å². The van der Waals surface area contributed by atoms with Crippen LogP contribution in [0.4, 0.5) is 0 Å². The number of phenols is 2. The Morgan fingerprint density at radius 2 is 1.09 bits per heavy atom. The van der Waals surface area contributed by atoms with Crippen molar-refractivity contribution in [3.8, 4) is 11.5 Å². The molecule has 5 rings (SSSR count). The topological polar surface area (TPSA) is 72.7 Å². The minimum absolute atomic E-state index is 0.104. The maximum Gasteiger partial charge on any atom is 0.218 e. The van der Waals surface area contributed by atoms with Crippen molar-refractivity contribution < 1.29 is 10.2 Å². The summed E-state index contributed by atoms with van der Waals surface area (Å²) < 4.78 is -3.29. The maximum absolute atomic E-state index is 10.2. The zero-order chi connectivity index (χ0) is 24.1. The van der Waals surface area contributed by atoms with Crippen molar-refractivity contribution in [1.29, 1.82) is 0 Å². The second kappa shape index (κ2) is 8.86. The molecule has 1 aliphatic heterocycles.